The summed E-state index contributed by atoms with van der Waals surface area (Å²) in [4.78, 5) is 16.5. The maximum Gasteiger partial charge on any atom is 0.322 e. The molecule has 1 N–H and O–H groups in total. The van der Waals surface area contributed by atoms with E-state index in [1.165, 1.54) is 16.9 Å². The Morgan fingerprint density at radius 3 is 2.84 bits per heavy atom. The predicted octanol–water partition coefficient (Wildman–Crippen LogP) is 3.83. The Morgan fingerprint density at radius 1 is 1.16 bits per heavy atom. The standard InChI is InChI=1S/C18H14N4O2S/c1-11-2-4-12(5-3-11)8-16-21-22-18(24-16)20-17(23)13-6-7-14-15(9-13)25-10-19-14/h2-7,9-10H,8H2,1H3,(H,20,22,23). The number of anilines is 1. The van der Waals surface area contributed by atoms with Crippen LogP contribution in [0.1, 0.15) is 27.4 Å². The van der Waals surface area contributed by atoms with E-state index in [4.69, 9.17) is 4.42 Å². The first-order chi connectivity index (χ1) is 12.2. The molecule has 0 saturated heterocycles. The SMILES string of the molecule is Cc1ccc(Cc2nnc(NC(=O)c3ccc4ncsc4c3)o2)cc1. The van der Waals surface area contributed by atoms with Crippen LogP contribution in [0.15, 0.2) is 52.4 Å². The number of carbonyl (C=O) groups is 1. The van der Waals surface area contributed by atoms with Crippen LogP contribution in [0, 0.1) is 6.92 Å². The third kappa shape index (κ3) is 3.41. The van der Waals surface area contributed by atoms with Crippen molar-refractivity contribution < 1.29 is 9.21 Å². The topological polar surface area (TPSA) is 80.9 Å². The van der Waals surface area contributed by atoms with Crippen molar-refractivity contribution in [1.29, 1.82) is 0 Å². The summed E-state index contributed by atoms with van der Waals surface area (Å²) in [6.07, 6.45) is 0.524. The summed E-state index contributed by atoms with van der Waals surface area (Å²) >= 11 is 1.49. The Morgan fingerprint density at radius 2 is 2.00 bits per heavy atom. The quantitative estimate of drug-likeness (QED) is 0.605. The van der Waals surface area contributed by atoms with Crippen molar-refractivity contribution in [2.75, 3.05) is 5.32 Å². The van der Waals surface area contributed by atoms with E-state index in [2.05, 4.69) is 20.5 Å². The maximum atomic E-state index is 12.3. The summed E-state index contributed by atoms with van der Waals surface area (Å²) in [5, 5.41) is 10.5. The van der Waals surface area contributed by atoms with E-state index in [9.17, 15) is 4.79 Å². The van der Waals surface area contributed by atoms with Gasteiger partial charge in [-0.1, -0.05) is 34.9 Å². The molecule has 0 fully saturated rings. The number of nitrogens with one attached hydrogen (secondary N) is 1. The normalized spacial score (nSPS) is 10.9. The molecule has 7 heteroatoms. The minimum absolute atomic E-state index is 0.0940. The van der Waals surface area contributed by atoms with Crippen molar-refractivity contribution in [3.63, 3.8) is 0 Å². The van der Waals surface area contributed by atoms with Crippen LogP contribution in [-0.2, 0) is 6.42 Å². The van der Waals surface area contributed by atoms with Gasteiger partial charge in [0.25, 0.3) is 5.91 Å². The molecule has 0 atom stereocenters. The molecule has 0 bridgehead atoms. The number of benzene rings is 2. The van der Waals surface area contributed by atoms with E-state index < -0.39 is 0 Å². The lowest BCUT2D eigenvalue weighted by molar-refractivity contribution is 0.102. The van der Waals surface area contributed by atoms with E-state index in [-0.39, 0.29) is 11.9 Å². The van der Waals surface area contributed by atoms with E-state index in [0.29, 0.717) is 17.9 Å². The molecule has 0 spiro atoms. The molecular formula is C18H14N4O2S. The minimum Gasteiger partial charge on any atom is -0.407 e. The molecule has 0 aliphatic carbocycles. The summed E-state index contributed by atoms with van der Waals surface area (Å²) in [6.45, 7) is 2.04. The smallest absolute Gasteiger partial charge is 0.322 e. The van der Waals surface area contributed by atoms with Crippen molar-refractivity contribution in [3.8, 4) is 0 Å². The largest absolute Gasteiger partial charge is 0.407 e. The number of hydrogen-bond acceptors (Lipinski definition) is 6. The number of thiazole rings is 1. The first kappa shape index (κ1) is 15.5. The van der Waals surface area contributed by atoms with Gasteiger partial charge in [0, 0.05) is 5.56 Å². The number of hydrogen-bond donors (Lipinski definition) is 1. The number of amides is 1. The lowest BCUT2D eigenvalue weighted by atomic mass is 10.1. The first-order valence-electron chi connectivity index (χ1n) is 7.70. The first-order valence-corrected chi connectivity index (χ1v) is 8.58. The van der Waals surface area contributed by atoms with E-state index >= 15 is 0 Å². The van der Waals surface area contributed by atoms with Crippen LogP contribution < -0.4 is 5.32 Å². The molecule has 0 radical (unpaired) electrons. The molecule has 2 aromatic carbocycles. The van der Waals surface area contributed by atoms with Gasteiger partial charge in [0.1, 0.15) is 0 Å². The molecule has 4 aromatic rings. The number of fused-ring (bicyclic) bond motifs is 1. The molecule has 2 heterocycles. The third-order valence-electron chi connectivity index (χ3n) is 3.76. The molecular weight excluding hydrogens is 336 g/mol. The van der Waals surface area contributed by atoms with Gasteiger partial charge in [0.05, 0.1) is 22.1 Å². The second-order valence-corrected chi connectivity index (χ2v) is 6.54. The average molecular weight is 350 g/mol. The fourth-order valence-corrected chi connectivity index (χ4v) is 3.14. The highest BCUT2D eigenvalue weighted by Gasteiger charge is 2.13. The van der Waals surface area contributed by atoms with Crippen molar-refractivity contribution in [1.82, 2.24) is 15.2 Å². The number of carbonyl (C=O) groups excluding carboxylic acids is 1. The van der Waals surface area contributed by atoms with Gasteiger partial charge in [-0.05, 0) is 30.7 Å². The van der Waals surface area contributed by atoms with Crippen molar-refractivity contribution in [2.24, 2.45) is 0 Å². The number of aryl methyl sites for hydroxylation is 1. The van der Waals surface area contributed by atoms with Gasteiger partial charge < -0.3 is 4.42 Å². The van der Waals surface area contributed by atoms with E-state index in [1.807, 2.05) is 37.3 Å². The van der Waals surface area contributed by atoms with Gasteiger partial charge in [0.2, 0.25) is 5.89 Å². The van der Waals surface area contributed by atoms with Gasteiger partial charge in [0.15, 0.2) is 0 Å². The zero-order valence-corrected chi connectivity index (χ0v) is 14.2. The van der Waals surface area contributed by atoms with Crippen LogP contribution in [0.3, 0.4) is 0 Å². The second kappa shape index (κ2) is 6.45. The summed E-state index contributed by atoms with van der Waals surface area (Å²) in [5.41, 5.74) is 5.42. The fraction of sp³-hybridized carbons (Fsp3) is 0.111. The van der Waals surface area contributed by atoms with Crippen LogP contribution >= 0.6 is 11.3 Å². The van der Waals surface area contributed by atoms with Gasteiger partial charge in [-0.15, -0.1) is 16.4 Å². The zero-order chi connectivity index (χ0) is 17.2. The molecule has 0 unspecified atom stereocenters. The Labute approximate surface area is 147 Å². The van der Waals surface area contributed by atoms with Crippen LogP contribution in [0.25, 0.3) is 10.2 Å². The molecule has 1 amide bonds. The lowest BCUT2D eigenvalue weighted by Gasteiger charge is -2.00. The molecule has 25 heavy (non-hydrogen) atoms. The molecule has 2 aromatic heterocycles. The van der Waals surface area contributed by atoms with Crippen molar-refractivity contribution in [3.05, 3.63) is 70.6 Å². The predicted molar refractivity (Wildman–Crippen MR) is 95.9 cm³/mol. The molecule has 6 nitrogen and oxygen atoms in total. The van der Waals surface area contributed by atoms with Crippen molar-refractivity contribution in [2.45, 2.75) is 13.3 Å². The number of nitrogens with zero attached hydrogens (tertiary/aromatic N) is 3. The average Bonchev–Trinajstić information content (AvgIpc) is 3.25. The third-order valence-corrected chi connectivity index (χ3v) is 4.55. The lowest BCUT2D eigenvalue weighted by Crippen LogP contribution is -2.11. The zero-order valence-electron chi connectivity index (χ0n) is 13.4. The van der Waals surface area contributed by atoms with Crippen LogP contribution in [0.4, 0.5) is 6.01 Å². The summed E-state index contributed by atoms with van der Waals surface area (Å²) in [7, 11) is 0. The fourth-order valence-electron chi connectivity index (χ4n) is 2.42. The Bertz CT molecular complexity index is 1040. The van der Waals surface area contributed by atoms with Gasteiger partial charge in [-0.3, -0.25) is 10.1 Å². The monoisotopic (exact) mass is 350 g/mol. The molecule has 124 valence electrons. The Hall–Kier alpha value is -3.06. The maximum absolute atomic E-state index is 12.3. The second-order valence-electron chi connectivity index (χ2n) is 5.65. The van der Waals surface area contributed by atoms with Gasteiger partial charge in [-0.25, -0.2) is 4.98 Å². The van der Waals surface area contributed by atoms with Crippen LogP contribution in [0.2, 0.25) is 0 Å². The number of rotatable bonds is 4. The van der Waals surface area contributed by atoms with Crippen molar-refractivity contribution >= 4 is 33.5 Å². The summed E-state index contributed by atoms with van der Waals surface area (Å²) in [6, 6.07) is 13.5. The van der Waals surface area contributed by atoms with Crippen LogP contribution in [0.5, 0.6) is 0 Å². The highest BCUT2D eigenvalue weighted by molar-refractivity contribution is 7.16. The molecule has 4 rings (SSSR count). The Balaban J connectivity index is 1.46. The summed E-state index contributed by atoms with van der Waals surface area (Å²) in [5.74, 6) is 0.165. The van der Waals surface area contributed by atoms with Crippen LogP contribution in [-0.4, -0.2) is 21.1 Å². The van der Waals surface area contributed by atoms with Gasteiger partial charge >= 0.3 is 6.01 Å². The molecule has 0 saturated carbocycles. The Kier molecular flexibility index (Phi) is 3.99. The van der Waals surface area contributed by atoms with Gasteiger partial charge in [-0.2, -0.15) is 0 Å². The van der Waals surface area contributed by atoms with E-state index in [0.717, 1.165) is 15.8 Å². The highest BCUT2D eigenvalue weighted by Crippen LogP contribution is 2.20. The number of aromatic nitrogens is 3. The highest BCUT2D eigenvalue weighted by atomic mass is 32.1. The molecule has 0 aliphatic rings. The minimum atomic E-state index is -0.291. The van der Waals surface area contributed by atoms with E-state index in [1.54, 1.807) is 17.6 Å². The molecule has 0 aliphatic heterocycles. The summed E-state index contributed by atoms with van der Waals surface area (Å²) < 4.78 is 6.48.